The number of carboxylic acid groups (broad SMARTS) is 1. The molecule has 0 amide bonds. The highest BCUT2D eigenvalue weighted by Crippen LogP contribution is 2.36. The first-order valence-corrected chi connectivity index (χ1v) is 6.01. The van der Waals surface area contributed by atoms with Crippen molar-refractivity contribution in [3.63, 3.8) is 0 Å². The summed E-state index contributed by atoms with van der Waals surface area (Å²) >= 11 is 5.93. The maximum absolute atomic E-state index is 11.2. The number of aliphatic hydroxyl groups is 2. The summed E-state index contributed by atoms with van der Waals surface area (Å²) in [4.78, 5) is 22.6. The lowest BCUT2D eigenvalue weighted by atomic mass is 10.1. The number of hydrogen-bond donors (Lipinski definition) is 3. The van der Waals surface area contributed by atoms with Crippen LogP contribution in [-0.4, -0.2) is 51.5 Å². The van der Waals surface area contributed by atoms with Gasteiger partial charge in [-0.15, -0.1) is 0 Å². The Bertz CT molecular complexity index is 568. The molecule has 1 saturated heterocycles. The van der Waals surface area contributed by atoms with Crippen LogP contribution < -0.4 is 4.90 Å². The fraction of sp³-hybridized carbons (Fsp3) is 0.364. The van der Waals surface area contributed by atoms with Crippen molar-refractivity contribution < 1.29 is 25.0 Å². The fourth-order valence-electron chi connectivity index (χ4n) is 2.13. The van der Waals surface area contributed by atoms with Crippen LogP contribution in [-0.2, 0) is 0 Å². The number of rotatable bonds is 3. The third-order valence-corrected chi connectivity index (χ3v) is 3.35. The maximum Gasteiger partial charge on any atom is 0.338 e. The van der Waals surface area contributed by atoms with E-state index in [2.05, 4.69) is 0 Å². The third-order valence-electron chi connectivity index (χ3n) is 3.06. The minimum atomic E-state index is -1.37. The molecule has 0 saturated carbocycles. The second kappa shape index (κ2) is 5.23. The fourth-order valence-corrected chi connectivity index (χ4v) is 2.46. The van der Waals surface area contributed by atoms with Crippen LogP contribution in [0, 0.1) is 10.1 Å². The van der Waals surface area contributed by atoms with E-state index in [-0.39, 0.29) is 29.4 Å². The summed E-state index contributed by atoms with van der Waals surface area (Å²) in [6, 6.07) is 1.95. The van der Waals surface area contributed by atoms with Crippen molar-refractivity contribution in [2.45, 2.75) is 12.2 Å². The molecular formula is C11H11ClN2O6. The van der Waals surface area contributed by atoms with Gasteiger partial charge in [-0.1, -0.05) is 11.6 Å². The molecule has 1 aliphatic heterocycles. The molecule has 3 N–H and O–H groups in total. The number of hydrogen-bond acceptors (Lipinski definition) is 6. The number of nitro benzene ring substituents is 1. The largest absolute Gasteiger partial charge is 0.478 e. The Morgan fingerprint density at radius 1 is 1.35 bits per heavy atom. The summed E-state index contributed by atoms with van der Waals surface area (Å²) in [5.74, 6) is -1.37. The average Bonchev–Trinajstić information content (AvgIpc) is 2.67. The minimum absolute atomic E-state index is 0.00101. The van der Waals surface area contributed by atoms with Gasteiger partial charge < -0.3 is 20.2 Å². The molecule has 1 fully saturated rings. The Morgan fingerprint density at radius 2 is 1.90 bits per heavy atom. The van der Waals surface area contributed by atoms with E-state index in [0.717, 1.165) is 12.1 Å². The molecule has 8 nitrogen and oxygen atoms in total. The number of anilines is 1. The van der Waals surface area contributed by atoms with Gasteiger partial charge in [-0.25, -0.2) is 4.79 Å². The van der Waals surface area contributed by atoms with E-state index >= 15 is 0 Å². The Balaban J connectivity index is 2.52. The van der Waals surface area contributed by atoms with Gasteiger partial charge in [-0.2, -0.15) is 0 Å². The SMILES string of the molecule is O=C(O)c1cc([N+](=O)[O-])cc(Cl)c1N1CC(O)C(O)C1. The molecule has 0 bridgehead atoms. The molecule has 2 rings (SSSR count). The van der Waals surface area contributed by atoms with Crippen molar-refractivity contribution in [3.05, 3.63) is 32.8 Å². The molecule has 1 aromatic carbocycles. The molecule has 2 atom stereocenters. The number of non-ortho nitro benzene ring substituents is 1. The molecule has 0 radical (unpaired) electrons. The van der Waals surface area contributed by atoms with E-state index in [0.29, 0.717) is 0 Å². The summed E-state index contributed by atoms with van der Waals surface area (Å²) in [6.45, 7) is -0.00203. The predicted molar refractivity (Wildman–Crippen MR) is 69.3 cm³/mol. The first-order chi connectivity index (χ1) is 9.31. The molecule has 108 valence electrons. The van der Waals surface area contributed by atoms with Gasteiger partial charge in [0.25, 0.3) is 5.69 Å². The van der Waals surface area contributed by atoms with Crippen LogP contribution in [0.1, 0.15) is 10.4 Å². The number of carboxylic acids is 1. The number of nitrogens with zero attached hydrogens (tertiary/aromatic N) is 2. The van der Waals surface area contributed by atoms with Crippen molar-refractivity contribution in [1.29, 1.82) is 0 Å². The number of carbonyl (C=O) groups is 1. The Hall–Kier alpha value is -1.90. The number of halogens is 1. The third kappa shape index (κ3) is 2.53. The maximum atomic E-state index is 11.2. The van der Waals surface area contributed by atoms with Crippen LogP contribution in [0.3, 0.4) is 0 Å². The molecule has 1 aromatic rings. The normalized spacial score (nSPS) is 22.1. The lowest BCUT2D eigenvalue weighted by Crippen LogP contribution is -2.24. The van der Waals surface area contributed by atoms with Crippen molar-refractivity contribution in [2.24, 2.45) is 0 Å². The number of benzene rings is 1. The minimum Gasteiger partial charge on any atom is -0.478 e. The summed E-state index contributed by atoms with van der Waals surface area (Å²) < 4.78 is 0. The van der Waals surface area contributed by atoms with Gasteiger partial charge in [0.2, 0.25) is 0 Å². The van der Waals surface area contributed by atoms with Crippen LogP contribution >= 0.6 is 11.6 Å². The first-order valence-electron chi connectivity index (χ1n) is 5.63. The van der Waals surface area contributed by atoms with Gasteiger partial charge in [0.15, 0.2) is 0 Å². The van der Waals surface area contributed by atoms with E-state index in [1.807, 2.05) is 0 Å². The lowest BCUT2D eigenvalue weighted by molar-refractivity contribution is -0.384. The standard InChI is InChI=1S/C11H11ClN2O6/c12-7-2-5(14(19)20)1-6(11(17)18)10(7)13-3-8(15)9(16)4-13/h1-2,8-9,15-16H,3-4H2,(H,17,18). The van der Waals surface area contributed by atoms with Crippen molar-refractivity contribution in [1.82, 2.24) is 0 Å². The molecule has 2 unspecified atom stereocenters. The summed E-state index contributed by atoms with van der Waals surface area (Å²) in [5.41, 5.74) is -0.720. The smallest absolute Gasteiger partial charge is 0.338 e. The zero-order valence-corrected chi connectivity index (χ0v) is 10.8. The Kier molecular flexibility index (Phi) is 3.80. The molecule has 20 heavy (non-hydrogen) atoms. The highest BCUT2D eigenvalue weighted by Gasteiger charge is 2.34. The van der Waals surface area contributed by atoms with Crippen LogP contribution in [0.5, 0.6) is 0 Å². The Morgan fingerprint density at radius 3 is 2.35 bits per heavy atom. The molecule has 0 aromatic heterocycles. The quantitative estimate of drug-likeness (QED) is 0.548. The Labute approximate surface area is 118 Å². The van der Waals surface area contributed by atoms with Crippen LogP contribution in [0.2, 0.25) is 5.02 Å². The highest BCUT2D eigenvalue weighted by molar-refractivity contribution is 6.34. The van der Waals surface area contributed by atoms with Gasteiger partial charge in [0.1, 0.15) is 0 Å². The number of aliphatic hydroxyl groups excluding tert-OH is 2. The zero-order valence-electron chi connectivity index (χ0n) is 10.1. The highest BCUT2D eigenvalue weighted by atomic mass is 35.5. The van der Waals surface area contributed by atoms with Crippen molar-refractivity contribution in [3.8, 4) is 0 Å². The van der Waals surface area contributed by atoms with Crippen LogP contribution in [0.15, 0.2) is 12.1 Å². The van der Waals surface area contributed by atoms with Crippen LogP contribution in [0.4, 0.5) is 11.4 Å². The predicted octanol–water partition coefficient (Wildman–Crippen LogP) is 0.488. The summed E-state index contributed by atoms with van der Waals surface area (Å²) in [6.07, 6.45) is -2.05. The monoisotopic (exact) mass is 302 g/mol. The van der Waals surface area contributed by atoms with E-state index in [1.54, 1.807) is 0 Å². The number of β-amino-alcohol motifs (C(OH)–C–C–N with tert-alkyl or cyclic N) is 2. The van der Waals surface area contributed by atoms with E-state index < -0.39 is 28.8 Å². The second-order valence-corrected chi connectivity index (χ2v) is 4.83. The van der Waals surface area contributed by atoms with Gasteiger partial charge in [-0.3, -0.25) is 10.1 Å². The number of aromatic carboxylic acids is 1. The van der Waals surface area contributed by atoms with Crippen molar-refractivity contribution >= 4 is 28.9 Å². The second-order valence-electron chi connectivity index (χ2n) is 4.43. The molecule has 1 heterocycles. The first kappa shape index (κ1) is 14.5. The van der Waals surface area contributed by atoms with Gasteiger partial charge in [-0.05, 0) is 0 Å². The van der Waals surface area contributed by atoms with Gasteiger partial charge in [0, 0.05) is 25.2 Å². The summed E-state index contributed by atoms with van der Waals surface area (Å²) in [5, 5.41) is 38.8. The van der Waals surface area contributed by atoms with Crippen LogP contribution in [0.25, 0.3) is 0 Å². The van der Waals surface area contributed by atoms with Gasteiger partial charge in [0.05, 0.1) is 33.4 Å². The summed E-state index contributed by atoms with van der Waals surface area (Å²) in [7, 11) is 0. The topological polar surface area (TPSA) is 124 Å². The lowest BCUT2D eigenvalue weighted by Gasteiger charge is -2.21. The molecule has 0 aliphatic carbocycles. The zero-order chi connectivity index (χ0) is 15.0. The van der Waals surface area contributed by atoms with E-state index in [1.165, 1.54) is 4.90 Å². The van der Waals surface area contributed by atoms with Crippen molar-refractivity contribution in [2.75, 3.05) is 18.0 Å². The average molecular weight is 303 g/mol. The molecule has 9 heteroatoms. The molecular weight excluding hydrogens is 292 g/mol. The molecule has 0 spiro atoms. The van der Waals surface area contributed by atoms with Gasteiger partial charge >= 0.3 is 5.97 Å². The van der Waals surface area contributed by atoms with E-state index in [4.69, 9.17) is 16.7 Å². The molecule has 1 aliphatic rings. The van der Waals surface area contributed by atoms with E-state index in [9.17, 15) is 25.1 Å². The number of nitro groups is 1.